The fourth-order valence-corrected chi connectivity index (χ4v) is 4.86. The Morgan fingerprint density at radius 1 is 1.21 bits per heavy atom. The van der Waals surface area contributed by atoms with Gasteiger partial charge >= 0.3 is 0 Å². The van der Waals surface area contributed by atoms with Gasteiger partial charge in [-0.25, -0.2) is 0 Å². The number of aliphatic hydroxyl groups is 1. The summed E-state index contributed by atoms with van der Waals surface area (Å²) in [5.74, 6) is 0.802. The summed E-state index contributed by atoms with van der Waals surface area (Å²) in [5, 5.41) is 15.9. The monoisotopic (exact) mass is 451 g/mol. The third-order valence-corrected chi connectivity index (χ3v) is 6.87. The maximum absolute atomic E-state index is 12.5. The van der Waals surface area contributed by atoms with Crippen LogP contribution in [-0.4, -0.2) is 46.8 Å². The average Bonchev–Trinajstić information content (AvgIpc) is 3.14. The van der Waals surface area contributed by atoms with Crippen LogP contribution in [0.5, 0.6) is 5.75 Å². The Balaban J connectivity index is 1.25. The van der Waals surface area contributed by atoms with E-state index in [9.17, 15) is 14.7 Å². The van der Waals surface area contributed by atoms with E-state index in [4.69, 9.17) is 9.47 Å². The molecule has 8 nitrogen and oxygen atoms in total. The van der Waals surface area contributed by atoms with Gasteiger partial charge < -0.3 is 25.2 Å². The van der Waals surface area contributed by atoms with Gasteiger partial charge in [-0.05, 0) is 49.1 Å². The van der Waals surface area contributed by atoms with Crippen molar-refractivity contribution < 1.29 is 24.2 Å². The molecule has 2 fully saturated rings. The zero-order valence-corrected chi connectivity index (χ0v) is 18.4. The molecule has 0 spiro atoms. The summed E-state index contributed by atoms with van der Waals surface area (Å²) >= 11 is 0. The zero-order chi connectivity index (χ0) is 22.8. The predicted octanol–water partition coefficient (Wildman–Crippen LogP) is 2.52. The van der Waals surface area contributed by atoms with E-state index in [0.29, 0.717) is 13.0 Å². The Morgan fingerprint density at radius 3 is 2.82 bits per heavy atom. The second-order valence-electron chi connectivity index (χ2n) is 9.12. The molecule has 4 atom stereocenters. The van der Waals surface area contributed by atoms with E-state index in [1.54, 1.807) is 12.4 Å². The highest BCUT2D eigenvalue weighted by Crippen LogP contribution is 2.47. The van der Waals surface area contributed by atoms with Crippen molar-refractivity contribution >= 4 is 17.5 Å². The number of nitrogens with zero attached hydrogens (tertiary/aromatic N) is 1. The van der Waals surface area contributed by atoms with Crippen molar-refractivity contribution in [2.24, 2.45) is 5.92 Å². The SMILES string of the molecule is O=C(C[C@@H]1C[C@@H]2c3cc(NC(=O)C4CCC4)ccc3O[C@@H]2[C@H](CO)O1)NCc1cccnc1. The molecule has 3 aliphatic rings. The summed E-state index contributed by atoms with van der Waals surface area (Å²) in [6.07, 6.45) is 6.07. The van der Waals surface area contributed by atoms with Gasteiger partial charge in [0, 0.05) is 42.0 Å². The van der Waals surface area contributed by atoms with Crippen LogP contribution in [0.15, 0.2) is 42.7 Å². The summed E-state index contributed by atoms with van der Waals surface area (Å²) in [4.78, 5) is 29.0. The van der Waals surface area contributed by atoms with Crippen molar-refractivity contribution in [3.63, 3.8) is 0 Å². The Morgan fingerprint density at radius 2 is 2.09 bits per heavy atom. The molecular formula is C25H29N3O5. The molecule has 174 valence electrons. The Labute approximate surface area is 192 Å². The lowest BCUT2D eigenvalue weighted by Gasteiger charge is -2.37. The minimum Gasteiger partial charge on any atom is -0.487 e. The lowest BCUT2D eigenvalue weighted by Crippen LogP contribution is -2.47. The van der Waals surface area contributed by atoms with Gasteiger partial charge in [-0.3, -0.25) is 14.6 Å². The van der Waals surface area contributed by atoms with Gasteiger partial charge in [-0.15, -0.1) is 0 Å². The topological polar surface area (TPSA) is 110 Å². The number of benzene rings is 1. The Hall–Kier alpha value is -2.97. The first-order chi connectivity index (χ1) is 16.1. The zero-order valence-electron chi connectivity index (χ0n) is 18.4. The second-order valence-corrected chi connectivity index (χ2v) is 9.12. The molecule has 0 bridgehead atoms. The van der Waals surface area contributed by atoms with Crippen molar-refractivity contribution in [3.05, 3.63) is 53.9 Å². The fourth-order valence-electron chi connectivity index (χ4n) is 4.86. The average molecular weight is 452 g/mol. The lowest BCUT2D eigenvalue weighted by molar-refractivity contribution is -0.142. The van der Waals surface area contributed by atoms with Gasteiger partial charge in [0.05, 0.1) is 19.1 Å². The van der Waals surface area contributed by atoms with Crippen LogP contribution in [0.25, 0.3) is 0 Å². The van der Waals surface area contributed by atoms with Gasteiger partial charge in [0.25, 0.3) is 0 Å². The molecule has 1 saturated carbocycles. The molecule has 2 aromatic rings. The minimum atomic E-state index is -0.514. The predicted molar refractivity (Wildman–Crippen MR) is 121 cm³/mol. The van der Waals surface area contributed by atoms with Crippen LogP contribution < -0.4 is 15.4 Å². The number of carbonyl (C=O) groups is 2. The molecule has 5 rings (SSSR count). The number of pyridine rings is 1. The lowest BCUT2D eigenvalue weighted by atomic mass is 9.83. The number of nitrogens with one attached hydrogen (secondary N) is 2. The highest BCUT2D eigenvalue weighted by Gasteiger charge is 2.46. The van der Waals surface area contributed by atoms with Crippen molar-refractivity contribution in [2.75, 3.05) is 11.9 Å². The number of hydrogen-bond acceptors (Lipinski definition) is 6. The van der Waals surface area contributed by atoms with Crippen molar-refractivity contribution in [1.29, 1.82) is 0 Å². The number of ether oxygens (including phenoxy) is 2. The summed E-state index contributed by atoms with van der Waals surface area (Å²) in [7, 11) is 0. The molecule has 8 heteroatoms. The van der Waals surface area contributed by atoms with E-state index < -0.39 is 6.10 Å². The van der Waals surface area contributed by atoms with Crippen LogP contribution >= 0.6 is 0 Å². The third kappa shape index (κ3) is 4.72. The molecule has 3 heterocycles. The number of amides is 2. The van der Waals surface area contributed by atoms with E-state index in [-0.39, 0.29) is 48.9 Å². The number of hydrogen-bond donors (Lipinski definition) is 3. The maximum atomic E-state index is 12.5. The fraction of sp³-hybridized carbons (Fsp3) is 0.480. The second kappa shape index (κ2) is 9.49. The summed E-state index contributed by atoms with van der Waals surface area (Å²) in [5.41, 5.74) is 2.68. The van der Waals surface area contributed by atoms with Crippen molar-refractivity contribution in [3.8, 4) is 5.75 Å². The maximum Gasteiger partial charge on any atom is 0.227 e. The Kier molecular flexibility index (Phi) is 6.28. The van der Waals surface area contributed by atoms with Crippen molar-refractivity contribution in [2.45, 2.75) is 62.9 Å². The molecule has 2 amide bonds. The number of aromatic nitrogens is 1. The summed E-state index contributed by atoms with van der Waals surface area (Å²) in [6, 6.07) is 9.43. The first kappa shape index (κ1) is 21.9. The first-order valence-electron chi connectivity index (χ1n) is 11.6. The highest BCUT2D eigenvalue weighted by atomic mass is 16.6. The van der Waals surface area contributed by atoms with E-state index in [1.807, 2.05) is 30.3 Å². The molecule has 1 aliphatic carbocycles. The quantitative estimate of drug-likeness (QED) is 0.597. The summed E-state index contributed by atoms with van der Waals surface area (Å²) in [6.45, 7) is 0.221. The molecular weight excluding hydrogens is 422 g/mol. The van der Waals surface area contributed by atoms with E-state index in [2.05, 4.69) is 15.6 Å². The van der Waals surface area contributed by atoms with E-state index in [1.165, 1.54) is 0 Å². The van der Waals surface area contributed by atoms with Gasteiger partial charge in [-0.2, -0.15) is 0 Å². The van der Waals surface area contributed by atoms with Crippen molar-refractivity contribution in [1.82, 2.24) is 10.3 Å². The number of fused-ring (bicyclic) bond motifs is 3. The highest BCUT2D eigenvalue weighted by molar-refractivity contribution is 5.93. The smallest absolute Gasteiger partial charge is 0.227 e. The largest absolute Gasteiger partial charge is 0.487 e. The normalized spacial score (nSPS) is 25.8. The number of aliphatic hydroxyl groups excluding tert-OH is 1. The van der Waals surface area contributed by atoms with Gasteiger partial charge in [0.2, 0.25) is 11.8 Å². The molecule has 1 aromatic heterocycles. The molecule has 1 saturated heterocycles. The molecule has 33 heavy (non-hydrogen) atoms. The van der Waals surface area contributed by atoms with Crippen LogP contribution in [0.4, 0.5) is 5.69 Å². The number of carbonyl (C=O) groups excluding carboxylic acids is 2. The van der Waals surface area contributed by atoms with Crippen LogP contribution in [0.1, 0.15) is 49.1 Å². The molecule has 0 radical (unpaired) electrons. The van der Waals surface area contributed by atoms with Crippen LogP contribution in [-0.2, 0) is 20.9 Å². The molecule has 0 unspecified atom stereocenters. The van der Waals surface area contributed by atoms with Gasteiger partial charge in [-0.1, -0.05) is 12.5 Å². The van der Waals surface area contributed by atoms with Crippen LogP contribution in [0.2, 0.25) is 0 Å². The van der Waals surface area contributed by atoms with Gasteiger partial charge in [0.15, 0.2) is 0 Å². The third-order valence-electron chi connectivity index (χ3n) is 6.87. The molecule has 2 aliphatic heterocycles. The first-order valence-corrected chi connectivity index (χ1v) is 11.6. The standard InChI is InChI=1S/C25H29N3O5/c29-14-22-24-20(10-18(32-22)11-23(30)27-13-15-3-2-8-26-12-15)19-9-17(6-7-21(19)33-24)28-25(31)16-4-1-5-16/h2-3,6-9,12,16,18,20,22,24,29H,1,4-5,10-11,13-14H2,(H,27,30)(H,28,31)/t18-,20+,22-,24-/m0/s1. The molecule has 3 N–H and O–H groups in total. The van der Waals surface area contributed by atoms with Crippen LogP contribution in [0.3, 0.4) is 0 Å². The van der Waals surface area contributed by atoms with Crippen LogP contribution in [0, 0.1) is 5.92 Å². The Bertz CT molecular complexity index is 1010. The number of rotatable bonds is 7. The van der Waals surface area contributed by atoms with E-state index >= 15 is 0 Å². The van der Waals surface area contributed by atoms with E-state index in [0.717, 1.165) is 41.8 Å². The van der Waals surface area contributed by atoms with Gasteiger partial charge in [0.1, 0.15) is 18.0 Å². The molecule has 1 aromatic carbocycles. The number of anilines is 1. The summed E-state index contributed by atoms with van der Waals surface area (Å²) < 4.78 is 12.1. The minimum absolute atomic E-state index is 0.0115.